The van der Waals surface area contributed by atoms with Crippen molar-refractivity contribution in [3.8, 4) is 0 Å². The van der Waals surface area contributed by atoms with Gasteiger partial charge in [0, 0.05) is 31.2 Å². The smallest absolute Gasteiger partial charge is 0.130 e. The average Bonchev–Trinajstić information content (AvgIpc) is 2.76. The molecule has 0 radical (unpaired) electrons. The Labute approximate surface area is 106 Å². The maximum Gasteiger partial charge on any atom is 0.130 e. The zero-order chi connectivity index (χ0) is 12.5. The van der Waals surface area contributed by atoms with Gasteiger partial charge in [-0.3, -0.25) is 4.90 Å². The molecule has 0 spiro atoms. The first-order valence-electron chi connectivity index (χ1n) is 6.62. The van der Waals surface area contributed by atoms with E-state index in [4.69, 9.17) is 0 Å². The highest BCUT2D eigenvalue weighted by Gasteiger charge is 2.34. The fourth-order valence-corrected chi connectivity index (χ4v) is 3.17. The molecule has 2 nitrogen and oxygen atoms in total. The first kappa shape index (κ1) is 12.1. The third-order valence-corrected chi connectivity index (χ3v) is 4.12. The molecule has 18 heavy (non-hydrogen) atoms. The lowest BCUT2D eigenvalue weighted by Gasteiger charge is -2.24. The van der Waals surface area contributed by atoms with Crippen molar-refractivity contribution in [1.82, 2.24) is 10.2 Å². The van der Waals surface area contributed by atoms with E-state index in [1.165, 1.54) is 31.0 Å². The number of piperidine rings is 1. The summed E-state index contributed by atoms with van der Waals surface area (Å²) in [6.07, 6.45) is 2.44. The largest absolute Gasteiger partial charge is 0.312 e. The van der Waals surface area contributed by atoms with Crippen LogP contribution in [0.5, 0.6) is 0 Å². The van der Waals surface area contributed by atoms with Crippen LogP contribution in [-0.4, -0.2) is 30.6 Å². The predicted molar refractivity (Wildman–Crippen MR) is 66.1 cm³/mol. The lowest BCUT2D eigenvalue weighted by molar-refractivity contribution is 0.302. The van der Waals surface area contributed by atoms with E-state index in [2.05, 4.69) is 10.2 Å². The van der Waals surface area contributed by atoms with Crippen molar-refractivity contribution in [3.63, 3.8) is 0 Å². The summed E-state index contributed by atoms with van der Waals surface area (Å²) in [5.41, 5.74) is 0.205. The normalized spacial score (nSPS) is 28.3. The van der Waals surface area contributed by atoms with Crippen LogP contribution in [-0.2, 0) is 6.54 Å². The van der Waals surface area contributed by atoms with Gasteiger partial charge in [0.25, 0.3) is 0 Å². The van der Waals surface area contributed by atoms with Crippen LogP contribution < -0.4 is 5.32 Å². The number of nitrogens with one attached hydrogen (secondary N) is 1. The van der Waals surface area contributed by atoms with Crippen LogP contribution in [0.4, 0.5) is 8.78 Å². The van der Waals surface area contributed by atoms with Crippen molar-refractivity contribution >= 4 is 0 Å². The Balaban J connectivity index is 1.70. The minimum atomic E-state index is -0.433. The molecule has 0 aromatic heterocycles. The zero-order valence-corrected chi connectivity index (χ0v) is 10.3. The molecule has 0 bridgehead atoms. The van der Waals surface area contributed by atoms with E-state index >= 15 is 0 Å². The summed E-state index contributed by atoms with van der Waals surface area (Å²) in [5.74, 6) is -0.218. The van der Waals surface area contributed by atoms with Crippen LogP contribution in [0.15, 0.2) is 18.2 Å². The van der Waals surface area contributed by atoms with Crippen LogP contribution in [0.25, 0.3) is 0 Å². The molecular formula is C14H18F2N2. The summed E-state index contributed by atoms with van der Waals surface area (Å²) in [5, 5.41) is 3.50. The molecule has 2 saturated heterocycles. The first-order chi connectivity index (χ1) is 8.74. The van der Waals surface area contributed by atoms with E-state index in [0.717, 1.165) is 19.6 Å². The van der Waals surface area contributed by atoms with E-state index in [1.807, 2.05) is 0 Å². The first-order valence-corrected chi connectivity index (χ1v) is 6.62. The number of hydrogen-bond acceptors (Lipinski definition) is 2. The quantitative estimate of drug-likeness (QED) is 0.867. The molecular weight excluding hydrogens is 234 g/mol. The highest BCUT2D eigenvalue weighted by molar-refractivity contribution is 5.19. The SMILES string of the molecule is Fc1cccc(F)c1CN1CC2CCCNC2C1. The average molecular weight is 252 g/mol. The van der Waals surface area contributed by atoms with Crippen LogP contribution in [0.2, 0.25) is 0 Å². The topological polar surface area (TPSA) is 15.3 Å². The van der Waals surface area contributed by atoms with Crippen LogP contribution in [0.3, 0.4) is 0 Å². The summed E-state index contributed by atoms with van der Waals surface area (Å²) in [7, 11) is 0. The Morgan fingerprint density at radius 2 is 2.00 bits per heavy atom. The van der Waals surface area contributed by atoms with Gasteiger partial charge in [-0.25, -0.2) is 8.78 Å². The molecule has 1 aromatic rings. The van der Waals surface area contributed by atoms with E-state index < -0.39 is 11.6 Å². The molecule has 2 heterocycles. The Morgan fingerprint density at radius 3 is 2.72 bits per heavy atom. The van der Waals surface area contributed by atoms with Crippen LogP contribution in [0, 0.1) is 17.6 Å². The molecule has 4 heteroatoms. The van der Waals surface area contributed by atoms with Crippen LogP contribution in [0.1, 0.15) is 18.4 Å². The summed E-state index contributed by atoms with van der Waals surface area (Å²) in [6, 6.07) is 4.59. The minimum Gasteiger partial charge on any atom is -0.312 e. The van der Waals surface area contributed by atoms with Gasteiger partial charge in [-0.05, 0) is 37.4 Å². The summed E-state index contributed by atoms with van der Waals surface area (Å²) in [6.45, 7) is 3.31. The number of nitrogens with zero attached hydrogens (tertiary/aromatic N) is 1. The standard InChI is InChI=1S/C14H18F2N2/c15-12-4-1-5-13(16)11(12)8-18-7-10-3-2-6-17-14(10)9-18/h1,4-5,10,14,17H,2-3,6-9H2. The second-order valence-electron chi connectivity index (χ2n) is 5.36. The van der Waals surface area contributed by atoms with Crippen molar-refractivity contribution in [2.75, 3.05) is 19.6 Å². The fourth-order valence-electron chi connectivity index (χ4n) is 3.17. The molecule has 2 atom stereocenters. The number of halogens is 2. The maximum absolute atomic E-state index is 13.6. The van der Waals surface area contributed by atoms with Crippen LogP contribution >= 0.6 is 0 Å². The lowest BCUT2D eigenvalue weighted by atomic mass is 9.94. The number of fused-ring (bicyclic) bond motifs is 1. The molecule has 2 aliphatic rings. The van der Waals surface area contributed by atoms with Crippen molar-refractivity contribution in [2.24, 2.45) is 5.92 Å². The molecule has 1 aromatic carbocycles. The zero-order valence-electron chi connectivity index (χ0n) is 10.3. The second-order valence-corrected chi connectivity index (χ2v) is 5.36. The number of rotatable bonds is 2. The molecule has 2 aliphatic heterocycles. The monoisotopic (exact) mass is 252 g/mol. The number of likely N-dealkylation sites (tertiary alicyclic amines) is 1. The highest BCUT2D eigenvalue weighted by Crippen LogP contribution is 2.27. The Morgan fingerprint density at radius 1 is 1.22 bits per heavy atom. The summed E-state index contributed by atoms with van der Waals surface area (Å²) < 4.78 is 27.2. The van der Waals surface area contributed by atoms with Gasteiger partial charge in [-0.1, -0.05) is 6.07 Å². The van der Waals surface area contributed by atoms with Gasteiger partial charge in [-0.15, -0.1) is 0 Å². The van der Waals surface area contributed by atoms with Crippen molar-refractivity contribution in [2.45, 2.75) is 25.4 Å². The van der Waals surface area contributed by atoms with Gasteiger partial charge in [0.2, 0.25) is 0 Å². The molecule has 3 rings (SSSR count). The summed E-state index contributed by atoms with van der Waals surface area (Å²) >= 11 is 0. The van der Waals surface area contributed by atoms with Gasteiger partial charge < -0.3 is 5.32 Å². The van der Waals surface area contributed by atoms with Gasteiger partial charge in [0.1, 0.15) is 11.6 Å². The van der Waals surface area contributed by atoms with Gasteiger partial charge >= 0.3 is 0 Å². The third-order valence-electron chi connectivity index (χ3n) is 4.12. The fraction of sp³-hybridized carbons (Fsp3) is 0.571. The van der Waals surface area contributed by atoms with Crippen molar-refractivity contribution in [3.05, 3.63) is 35.4 Å². The van der Waals surface area contributed by atoms with Gasteiger partial charge in [0.05, 0.1) is 0 Å². The van der Waals surface area contributed by atoms with Gasteiger partial charge in [0.15, 0.2) is 0 Å². The molecule has 1 N–H and O–H groups in total. The Hall–Kier alpha value is -1.00. The molecule has 2 unspecified atom stereocenters. The lowest BCUT2D eigenvalue weighted by Crippen LogP contribution is -2.40. The number of benzene rings is 1. The predicted octanol–water partition coefficient (Wildman–Crippen LogP) is 2.15. The van der Waals surface area contributed by atoms with Gasteiger partial charge in [-0.2, -0.15) is 0 Å². The third kappa shape index (κ3) is 2.27. The Bertz CT molecular complexity index is 402. The number of hydrogen-bond donors (Lipinski definition) is 1. The molecule has 0 saturated carbocycles. The Kier molecular flexibility index (Phi) is 3.31. The molecule has 0 amide bonds. The highest BCUT2D eigenvalue weighted by atomic mass is 19.1. The van der Waals surface area contributed by atoms with E-state index in [-0.39, 0.29) is 5.56 Å². The van der Waals surface area contributed by atoms with E-state index in [9.17, 15) is 8.78 Å². The summed E-state index contributed by atoms with van der Waals surface area (Å²) in [4.78, 5) is 2.16. The van der Waals surface area contributed by atoms with E-state index in [0.29, 0.717) is 18.5 Å². The van der Waals surface area contributed by atoms with E-state index in [1.54, 1.807) is 0 Å². The molecule has 2 fully saturated rings. The van der Waals surface area contributed by atoms with Crippen molar-refractivity contribution in [1.29, 1.82) is 0 Å². The molecule has 98 valence electrons. The maximum atomic E-state index is 13.6. The minimum absolute atomic E-state index is 0.205. The second kappa shape index (κ2) is 4.94. The van der Waals surface area contributed by atoms with Crippen molar-refractivity contribution < 1.29 is 8.78 Å². The molecule has 0 aliphatic carbocycles.